The standard InChI is InChI=1S/C30H24F3N3O4S/c31-30(32,33)22-7-5-9-24(19-22)34-28(38)21-6-4-8-23(18-21)35-29(41)36-27(37)20-12-14-26(15-13-20)40-17-16-39-25-10-2-1-3-11-25/h1-15,18-19H,16-17H2,(H,34,38)(H2,35,36,37,41). The lowest BCUT2D eigenvalue weighted by atomic mass is 10.1. The van der Waals surface area contributed by atoms with Crippen LogP contribution in [-0.2, 0) is 6.18 Å². The van der Waals surface area contributed by atoms with Crippen LogP contribution in [0.15, 0.2) is 103 Å². The number of ether oxygens (including phenoxy) is 2. The number of halogens is 3. The van der Waals surface area contributed by atoms with Crippen LogP contribution in [0.25, 0.3) is 0 Å². The second kappa shape index (κ2) is 13.4. The number of para-hydroxylation sites is 1. The largest absolute Gasteiger partial charge is 0.490 e. The predicted octanol–water partition coefficient (Wildman–Crippen LogP) is 6.54. The number of amides is 2. The second-order valence-corrected chi connectivity index (χ2v) is 8.96. The summed E-state index contributed by atoms with van der Waals surface area (Å²) in [6.45, 7) is 0.686. The molecule has 41 heavy (non-hydrogen) atoms. The molecule has 11 heteroatoms. The van der Waals surface area contributed by atoms with Crippen molar-refractivity contribution in [2.24, 2.45) is 0 Å². The van der Waals surface area contributed by atoms with Gasteiger partial charge in [0.15, 0.2) is 5.11 Å². The average molecular weight is 580 g/mol. The molecule has 0 fully saturated rings. The number of thiocarbonyl (C=S) groups is 1. The Labute approximate surface area is 239 Å². The summed E-state index contributed by atoms with van der Waals surface area (Å²) in [4.78, 5) is 25.2. The van der Waals surface area contributed by atoms with Gasteiger partial charge in [-0.2, -0.15) is 13.2 Å². The highest BCUT2D eigenvalue weighted by Gasteiger charge is 2.30. The van der Waals surface area contributed by atoms with Crippen LogP contribution in [-0.4, -0.2) is 30.1 Å². The Kier molecular flexibility index (Phi) is 9.54. The molecule has 0 aliphatic heterocycles. The maximum absolute atomic E-state index is 13.0. The normalized spacial score (nSPS) is 10.8. The highest BCUT2D eigenvalue weighted by atomic mass is 32.1. The lowest BCUT2D eigenvalue weighted by molar-refractivity contribution is -0.137. The molecule has 4 aromatic carbocycles. The van der Waals surface area contributed by atoms with E-state index < -0.39 is 23.6 Å². The maximum Gasteiger partial charge on any atom is 0.416 e. The van der Waals surface area contributed by atoms with E-state index in [2.05, 4.69) is 16.0 Å². The van der Waals surface area contributed by atoms with E-state index in [0.29, 0.717) is 30.2 Å². The van der Waals surface area contributed by atoms with Crippen molar-refractivity contribution < 1.29 is 32.2 Å². The van der Waals surface area contributed by atoms with Gasteiger partial charge in [0.25, 0.3) is 11.8 Å². The summed E-state index contributed by atoms with van der Waals surface area (Å²) < 4.78 is 50.1. The SMILES string of the molecule is O=C(NC(=S)Nc1cccc(C(=O)Nc2cccc(C(F)(F)F)c2)c1)c1ccc(OCCOc2ccccc2)cc1. The van der Waals surface area contributed by atoms with Gasteiger partial charge in [-0.05, 0) is 85.0 Å². The summed E-state index contributed by atoms with van der Waals surface area (Å²) in [6.07, 6.45) is -4.53. The quantitative estimate of drug-likeness (QED) is 0.154. The molecule has 0 aliphatic rings. The molecule has 0 atom stereocenters. The Morgan fingerprint density at radius 1 is 0.659 bits per heavy atom. The molecule has 0 aliphatic carbocycles. The summed E-state index contributed by atoms with van der Waals surface area (Å²) in [6, 6.07) is 26.3. The van der Waals surface area contributed by atoms with Gasteiger partial charge in [0.2, 0.25) is 0 Å². The Morgan fingerprint density at radius 2 is 1.27 bits per heavy atom. The fourth-order valence-electron chi connectivity index (χ4n) is 3.59. The number of hydrogen-bond acceptors (Lipinski definition) is 5. The number of rotatable bonds is 9. The van der Waals surface area contributed by atoms with Gasteiger partial charge in [-0.3, -0.25) is 14.9 Å². The van der Waals surface area contributed by atoms with Gasteiger partial charge < -0.3 is 20.1 Å². The van der Waals surface area contributed by atoms with Crippen molar-refractivity contribution in [2.75, 3.05) is 23.8 Å². The van der Waals surface area contributed by atoms with Gasteiger partial charge >= 0.3 is 6.18 Å². The molecule has 0 saturated carbocycles. The molecule has 0 spiro atoms. The molecule has 7 nitrogen and oxygen atoms in total. The van der Waals surface area contributed by atoms with Gasteiger partial charge in [0.05, 0.1) is 5.56 Å². The fourth-order valence-corrected chi connectivity index (χ4v) is 3.80. The first-order chi connectivity index (χ1) is 19.7. The van der Waals surface area contributed by atoms with E-state index in [1.165, 1.54) is 24.3 Å². The Balaban J connectivity index is 1.26. The Hall–Kier alpha value is -4.90. The van der Waals surface area contributed by atoms with E-state index in [9.17, 15) is 22.8 Å². The maximum atomic E-state index is 13.0. The number of benzene rings is 4. The molecule has 3 N–H and O–H groups in total. The fraction of sp³-hybridized carbons (Fsp3) is 0.100. The predicted molar refractivity (Wildman–Crippen MR) is 153 cm³/mol. The van der Waals surface area contributed by atoms with Crippen LogP contribution < -0.4 is 25.4 Å². The second-order valence-electron chi connectivity index (χ2n) is 8.56. The first-order valence-electron chi connectivity index (χ1n) is 12.3. The number of anilines is 2. The average Bonchev–Trinajstić information content (AvgIpc) is 2.96. The van der Waals surface area contributed by atoms with Crippen LogP contribution in [0.3, 0.4) is 0 Å². The van der Waals surface area contributed by atoms with E-state index >= 15 is 0 Å². The van der Waals surface area contributed by atoms with Gasteiger partial charge in [-0.15, -0.1) is 0 Å². The van der Waals surface area contributed by atoms with Crippen molar-refractivity contribution in [2.45, 2.75) is 6.18 Å². The molecule has 0 aromatic heterocycles. The molecule has 0 unspecified atom stereocenters. The van der Waals surface area contributed by atoms with Crippen LogP contribution >= 0.6 is 12.2 Å². The third-order valence-corrected chi connectivity index (χ3v) is 5.74. The number of carbonyl (C=O) groups is 2. The molecule has 0 saturated heterocycles. The van der Waals surface area contributed by atoms with Gasteiger partial charge in [0.1, 0.15) is 24.7 Å². The first-order valence-corrected chi connectivity index (χ1v) is 12.7. The lowest BCUT2D eigenvalue weighted by Gasteiger charge is -2.12. The van der Waals surface area contributed by atoms with Crippen molar-refractivity contribution in [1.29, 1.82) is 0 Å². The summed E-state index contributed by atoms with van der Waals surface area (Å²) >= 11 is 5.22. The van der Waals surface area contributed by atoms with Crippen molar-refractivity contribution >= 4 is 40.5 Å². The zero-order valence-electron chi connectivity index (χ0n) is 21.4. The molecule has 2 amide bonds. The van der Waals surface area contributed by atoms with E-state index in [4.69, 9.17) is 21.7 Å². The van der Waals surface area contributed by atoms with Crippen LogP contribution in [0.5, 0.6) is 11.5 Å². The van der Waals surface area contributed by atoms with Crippen molar-refractivity contribution in [3.8, 4) is 11.5 Å². The zero-order valence-corrected chi connectivity index (χ0v) is 22.2. The lowest BCUT2D eigenvalue weighted by Crippen LogP contribution is -2.34. The first kappa shape index (κ1) is 29.1. The number of alkyl halides is 3. The smallest absolute Gasteiger partial charge is 0.416 e. The van der Waals surface area contributed by atoms with Gasteiger partial charge in [-0.25, -0.2) is 0 Å². The third kappa shape index (κ3) is 8.80. The van der Waals surface area contributed by atoms with E-state index in [-0.39, 0.29) is 16.4 Å². The summed E-state index contributed by atoms with van der Waals surface area (Å²) in [5, 5.41) is 7.82. The van der Waals surface area contributed by atoms with E-state index in [0.717, 1.165) is 17.9 Å². The Bertz CT molecular complexity index is 1510. The number of nitrogens with one attached hydrogen (secondary N) is 3. The molecule has 0 radical (unpaired) electrons. The van der Waals surface area contributed by atoms with Gasteiger partial charge in [-0.1, -0.05) is 30.3 Å². The summed E-state index contributed by atoms with van der Waals surface area (Å²) in [5.74, 6) is 0.244. The van der Waals surface area contributed by atoms with Crippen LogP contribution in [0, 0.1) is 0 Å². The van der Waals surface area contributed by atoms with Crippen molar-refractivity contribution in [3.63, 3.8) is 0 Å². The Morgan fingerprint density at radius 3 is 1.93 bits per heavy atom. The molecular formula is C30H24F3N3O4S. The van der Waals surface area contributed by atoms with Gasteiger partial charge in [0, 0.05) is 22.5 Å². The molecule has 210 valence electrons. The molecule has 0 heterocycles. The van der Waals surface area contributed by atoms with Crippen molar-refractivity contribution in [1.82, 2.24) is 5.32 Å². The molecule has 4 rings (SSSR count). The van der Waals surface area contributed by atoms with Crippen molar-refractivity contribution in [3.05, 3.63) is 120 Å². The minimum absolute atomic E-state index is 0.00269. The van der Waals surface area contributed by atoms with E-state index in [1.807, 2.05) is 30.3 Å². The van der Waals surface area contributed by atoms with Crippen LogP contribution in [0.4, 0.5) is 24.5 Å². The molecular weight excluding hydrogens is 555 g/mol. The molecule has 4 aromatic rings. The third-order valence-electron chi connectivity index (χ3n) is 5.54. The van der Waals surface area contributed by atoms with Crippen LogP contribution in [0.1, 0.15) is 26.3 Å². The topological polar surface area (TPSA) is 88.7 Å². The minimum atomic E-state index is -4.53. The number of hydrogen-bond donors (Lipinski definition) is 3. The van der Waals surface area contributed by atoms with E-state index in [1.54, 1.807) is 36.4 Å². The number of carbonyl (C=O) groups excluding carboxylic acids is 2. The van der Waals surface area contributed by atoms with Crippen LogP contribution in [0.2, 0.25) is 0 Å². The summed E-state index contributed by atoms with van der Waals surface area (Å²) in [5.41, 5.74) is 0.0429. The monoisotopic (exact) mass is 579 g/mol. The zero-order chi connectivity index (χ0) is 29.2. The highest BCUT2D eigenvalue weighted by molar-refractivity contribution is 7.80. The highest BCUT2D eigenvalue weighted by Crippen LogP contribution is 2.30. The summed E-state index contributed by atoms with van der Waals surface area (Å²) in [7, 11) is 0. The molecule has 0 bridgehead atoms. The minimum Gasteiger partial charge on any atom is -0.490 e.